The lowest BCUT2D eigenvalue weighted by Gasteiger charge is -2.04. The predicted molar refractivity (Wildman–Crippen MR) is 88.8 cm³/mol. The number of rotatable bonds is 4. The van der Waals surface area contributed by atoms with Crippen LogP contribution in [0.25, 0.3) is 11.0 Å². The van der Waals surface area contributed by atoms with Crippen LogP contribution in [0.4, 0.5) is 0 Å². The quantitative estimate of drug-likeness (QED) is 0.733. The van der Waals surface area contributed by atoms with Crippen LogP contribution in [-0.2, 0) is 23.6 Å². The van der Waals surface area contributed by atoms with Crippen molar-refractivity contribution < 1.29 is 8.95 Å². The lowest BCUT2D eigenvalue weighted by molar-refractivity contribution is 0.414. The van der Waals surface area contributed by atoms with E-state index in [0.717, 1.165) is 22.3 Å². The molecule has 0 saturated carbocycles. The second-order valence-electron chi connectivity index (χ2n) is 4.92. The second-order valence-corrected chi connectivity index (χ2v) is 6.71. The highest BCUT2D eigenvalue weighted by Gasteiger charge is 2.14. The van der Waals surface area contributed by atoms with Gasteiger partial charge in [0.15, 0.2) is 5.16 Å². The van der Waals surface area contributed by atoms with Gasteiger partial charge >= 0.3 is 0 Å². The molecular formula is C16H15ClN2O2S. The largest absolute Gasteiger partial charge is 0.497 e. The van der Waals surface area contributed by atoms with Crippen LogP contribution in [0, 0.1) is 0 Å². The van der Waals surface area contributed by atoms with E-state index in [9.17, 15) is 4.21 Å². The van der Waals surface area contributed by atoms with E-state index in [2.05, 4.69) is 4.98 Å². The predicted octanol–water partition coefficient (Wildman–Crippen LogP) is 3.54. The zero-order chi connectivity index (χ0) is 15.7. The van der Waals surface area contributed by atoms with Gasteiger partial charge in [-0.15, -0.1) is 0 Å². The van der Waals surface area contributed by atoms with Crippen molar-refractivity contribution in [3.63, 3.8) is 0 Å². The maximum Gasteiger partial charge on any atom is 0.200 e. The molecule has 22 heavy (non-hydrogen) atoms. The summed E-state index contributed by atoms with van der Waals surface area (Å²) in [4.78, 5) is 4.46. The smallest absolute Gasteiger partial charge is 0.200 e. The Bertz CT molecular complexity index is 843. The van der Waals surface area contributed by atoms with Crippen molar-refractivity contribution in [2.45, 2.75) is 10.9 Å². The number of ether oxygens (including phenoxy) is 1. The van der Waals surface area contributed by atoms with Gasteiger partial charge < -0.3 is 9.30 Å². The SMILES string of the molecule is COc1ccc(CS(=O)c2nc3cc(Cl)ccc3n2C)cc1. The monoisotopic (exact) mass is 334 g/mol. The Morgan fingerprint density at radius 3 is 2.64 bits per heavy atom. The third kappa shape index (κ3) is 2.87. The maximum absolute atomic E-state index is 12.6. The molecule has 0 fully saturated rings. The van der Waals surface area contributed by atoms with Crippen LogP contribution in [0.3, 0.4) is 0 Å². The summed E-state index contributed by atoms with van der Waals surface area (Å²) in [5.41, 5.74) is 2.65. The summed E-state index contributed by atoms with van der Waals surface area (Å²) in [6.07, 6.45) is 0. The van der Waals surface area contributed by atoms with Crippen LogP contribution >= 0.6 is 11.6 Å². The minimum Gasteiger partial charge on any atom is -0.497 e. The Morgan fingerprint density at radius 1 is 1.23 bits per heavy atom. The fourth-order valence-electron chi connectivity index (χ4n) is 2.29. The minimum absolute atomic E-state index is 0.412. The Hall–Kier alpha value is -1.85. The van der Waals surface area contributed by atoms with E-state index in [-0.39, 0.29) is 0 Å². The average Bonchev–Trinajstić information content (AvgIpc) is 2.84. The molecule has 0 radical (unpaired) electrons. The molecule has 1 heterocycles. The molecule has 1 atom stereocenters. The van der Waals surface area contributed by atoms with Crippen LogP contribution in [0.5, 0.6) is 5.75 Å². The van der Waals surface area contributed by atoms with E-state index in [1.807, 2.05) is 48.0 Å². The Morgan fingerprint density at radius 2 is 1.95 bits per heavy atom. The second kappa shape index (κ2) is 6.10. The number of methoxy groups -OCH3 is 1. The van der Waals surface area contributed by atoms with E-state index in [1.54, 1.807) is 13.2 Å². The summed E-state index contributed by atoms with van der Waals surface area (Å²) in [6.45, 7) is 0. The van der Waals surface area contributed by atoms with Gasteiger partial charge in [0.2, 0.25) is 0 Å². The average molecular weight is 335 g/mol. The molecule has 114 valence electrons. The first-order valence-corrected chi connectivity index (χ1v) is 8.41. The molecule has 4 nitrogen and oxygen atoms in total. The number of aryl methyl sites for hydroxylation is 1. The normalized spacial score (nSPS) is 12.5. The summed E-state index contributed by atoms with van der Waals surface area (Å²) >= 11 is 5.98. The van der Waals surface area contributed by atoms with Crippen molar-refractivity contribution >= 4 is 33.4 Å². The van der Waals surface area contributed by atoms with Crippen LogP contribution in [0.15, 0.2) is 47.6 Å². The van der Waals surface area contributed by atoms with Crippen molar-refractivity contribution in [1.29, 1.82) is 0 Å². The van der Waals surface area contributed by atoms with Gasteiger partial charge in [-0.05, 0) is 35.9 Å². The Kier molecular flexibility index (Phi) is 4.18. The van der Waals surface area contributed by atoms with Gasteiger partial charge in [0.1, 0.15) is 5.75 Å². The van der Waals surface area contributed by atoms with Crippen LogP contribution in [0.2, 0.25) is 5.02 Å². The summed E-state index contributed by atoms with van der Waals surface area (Å²) < 4.78 is 19.6. The molecule has 2 aromatic carbocycles. The summed E-state index contributed by atoms with van der Waals surface area (Å²) in [5, 5.41) is 1.17. The first kappa shape index (κ1) is 15.1. The Balaban J connectivity index is 1.89. The van der Waals surface area contributed by atoms with Crippen molar-refractivity contribution in [3.8, 4) is 5.75 Å². The van der Waals surface area contributed by atoms with E-state index in [0.29, 0.717) is 15.9 Å². The van der Waals surface area contributed by atoms with Gasteiger partial charge in [0, 0.05) is 12.1 Å². The number of benzene rings is 2. The fourth-order valence-corrected chi connectivity index (χ4v) is 3.69. The lowest BCUT2D eigenvalue weighted by Crippen LogP contribution is -2.04. The molecule has 1 aromatic heterocycles. The maximum atomic E-state index is 12.6. The highest BCUT2D eigenvalue weighted by Crippen LogP contribution is 2.22. The van der Waals surface area contributed by atoms with Gasteiger partial charge in [0.05, 0.1) is 34.7 Å². The molecule has 6 heteroatoms. The molecule has 0 aliphatic carbocycles. The number of hydrogen-bond donors (Lipinski definition) is 0. The third-order valence-corrected chi connectivity index (χ3v) is 5.07. The number of imidazole rings is 1. The molecule has 3 aromatic rings. The first-order chi connectivity index (χ1) is 10.6. The van der Waals surface area contributed by atoms with Gasteiger partial charge in [-0.25, -0.2) is 4.98 Å². The Labute approximate surface area is 136 Å². The molecule has 0 aliphatic heterocycles. The number of halogens is 1. The molecule has 0 aliphatic rings. The van der Waals surface area contributed by atoms with Gasteiger partial charge in [-0.2, -0.15) is 0 Å². The van der Waals surface area contributed by atoms with Crippen LogP contribution in [0.1, 0.15) is 5.56 Å². The van der Waals surface area contributed by atoms with Gasteiger partial charge in [-0.1, -0.05) is 23.7 Å². The molecule has 0 saturated heterocycles. The molecular weight excluding hydrogens is 320 g/mol. The molecule has 3 rings (SSSR count). The fraction of sp³-hybridized carbons (Fsp3) is 0.188. The number of fused-ring (bicyclic) bond motifs is 1. The van der Waals surface area contributed by atoms with Crippen molar-refractivity contribution in [2.24, 2.45) is 7.05 Å². The van der Waals surface area contributed by atoms with E-state index in [4.69, 9.17) is 16.3 Å². The highest BCUT2D eigenvalue weighted by atomic mass is 35.5. The van der Waals surface area contributed by atoms with Crippen molar-refractivity contribution in [2.75, 3.05) is 7.11 Å². The number of aromatic nitrogens is 2. The van der Waals surface area contributed by atoms with E-state index < -0.39 is 10.8 Å². The summed E-state index contributed by atoms with van der Waals surface area (Å²) in [7, 11) is 2.26. The number of nitrogens with zero attached hydrogens (tertiary/aromatic N) is 2. The molecule has 1 unspecified atom stereocenters. The molecule has 0 bridgehead atoms. The van der Waals surface area contributed by atoms with E-state index >= 15 is 0 Å². The summed E-state index contributed by atoms with van der Waals surface area (Å²) in [6, 6.07) is 13.0. The zero-order valence-electron chi connectivity index (χ0n) is 12.2. The highest BCUT2D eigenvalue weighted by molar-refractivity contribution is 7.84. The molecule has 0 spiro atoms. The van der Waals surface area contributed by atoms with Gasteiger partial charge in [0.25, 0.3) is 0 Å². The van der Waals surface area contributed by atoms with Crippen LogP contribution < -0.4 is 4.74 Å². The zero-order valence-corrected chi connectivity index (χ0v) is 13.8. The third-order valence-electron chi connectivity index (χ3n) is 3.46. The molecule has 0 amide bonds. The topological polar surface area (TPSA) is 44.1 Å². The van der Waals surface area contributed by atoms with Crippen molar-refractivity contribution in [1.82, 2.24) is 9.55 Å². The first-order valence-electron chi connectivity index (χ1n) is 6.72. The summed E-state index contributed by atoms with van der Waals surface area (Å²) in [5.74, 6) is 1.20. The van der Waals surface area contributed by atoms with Crippen LogP contribution in [-0.4, -0.2) is 20.9 Å². The van der Waals surface area contributed by atoms with Gasteiger partial charge in [-0.3, -0.25) is 4.21 Å². The van der Waals surface area contributed by atoms with Crippen molar-refractivity contribution in [3.05, 3.63) is 53.1 Å². The number of hydrogen-bond acceptors (Lipinski definition) is 3. The minimum atomic E-state index is -1.23. The standard InChI is InChI=1S/C16H15ClN2O2S/c1-19-15-8-5-12(17)9-14(15)18-16(19)22(20)10-11-3-6-13(21-2)7-4-11/h3-9H,10H2,1-2H3. The molecule has 0 N–H and O–H groups in total. The lowest BCUT2D eigenvalue weighted by atomic mass is 10.2. The van der Waals surface area contributed by atoms with E-state index in [1.165, 1.54) is 0 Å².